The van der Waals surface area contributed by atoms with Gasteiger partial charge in [-0.2, -0.15) is 0 Å². The van der Waals surface area contributed by atoms with E-state index in [1.54, 1.807) is 24.4 Å². The van der Waals surface area contributed by atoms with Crippen LogP contribution < -0.4 is 4.74 Å². The smallest absolute Gasteiger partial charge is 0.166 e. The minimum atomic E-state index is -0.891. The van der Waals surface area contributed by atoms with Crippen molar-refractivity contribution in [2.75, 3.05) is 6.61 Å². The Bertz CT molecular complexity index is 1340. The van der Waals surface area contributed by atoms with Crippen LogP contribution in [0.3, 0.4) is 0 Å². The van der Waals surface area contributed by atoms with Crippen LogP contribution in [0, 0.1) is 29.3 Å². The summed E-state index contributed by atoms with van der Waals surface area (Å²) in [6.45, 7) is 2.71. The molecule has 1 aromatic heterocycles. The zero-order valence-electron chi connectivity index (χ0n) is 18.2. The second kappa shape index (κ2) is 10.2. The molecule has 33 heavy (non-hydrogen) atoms. The van der Waals surface area contributed by atoms with Gasteiger partial charge in [0.2, 0.25) is 0 Å². The second-order valence-corrected chi connectivity index (χ2v) is 7.70. The van der Waals surface area contributed by atoms with Crippen molar-refractivity contribution >= 4 is 10.8 Å². The first kappa shape index (κ1) is 22.4. The molecule has 5 heteroatoms. The van der Waals surface area contributed by atoms with Crippen LogP contribution in [0.1, 0.15) is 35.7 Å². The van der Waals surface area contributed by atoms with Crippen LogP contribution in [-0.2, 0) is 12.8 Å². The van der Waals surface area contributed by atoms with E-state index < -0.39 is 17.5 Å². The quantitative estimate of drug-likeness (QED) is 0.311. The SMILES string of the molecule is CCCOc1ccc(CCc2ccc(C#Cc3ccc4c(F)c(F)ccc4c3)c(F)c2)nc1. The van der Waals surface area contributed by atoms with Gasteiger partial charge < -0.3 is 4.74 Å². The molecule has 4 aromatic rings. The monoisotopic (exact) mass is 445 g/mol. The fraction of sp³-hybridized carbons (Fsp3) is 0.179. The third-order valence-corrected chi connectivity index (χ3v) is 5.22. The van der Waals surface area contributed by atoms with Crippen LogP contribution in [-0.4, -0.2) is 11.6 Å². The lowest BCUT2D eigenvalue weighted by Gasteiger charge is -2.06. The van der Waals surface area contributed by atoms with E-state index in [0.29, 0.717) is 30.4 Å². The molecule has 0 fully saturated rings. The zero-order chi connectivity index (χ0) is 23.2. The van der Waals surface area contributed by atoms with Gasteiger partial charge >= 0.3 is 0 Å². The number of pyridine rings is 1. The summed E-state index contributed by atoms with van der Waals surface area (Å²) in [5, 5.41) is 0.726. The summed E-state index contributed by atoms with van der Waals surface area (Å²) in [4.78, 5) is 4.40. The number of fused-ring (bicyclic) bond motifs is 1. The number of aromatic nitrogens is 1. The fourth-order valence-corrected chi connectivity index (χ4v) is 3.43. The molecule has 2 nitrogen and oxygen atoms in total. The van der Waals surface area contributed by atoms with Crippen molar-refractivity contribution in [3.63, 3.8) is 0 Å². The summed E-state index contributed by atoms with van der Waals surface area (Å²) in [6, 6.07) is 16.1. The zero-order valence-corrected chi connectivity index (χ0v) is 18.2. The summed E-state index contributed by atoms with van der Waals surface area (Å²) in [7, 11) is 0. The molecule has 0 aliphatic rings. The molecule has 0 unspecified atom stereocenters. The van der Waals surface area contributed by atoms with E-state index >= 15 is 0 Å². The highest BCUT2D eigenvalue weighted by molar-refractivity contribution is 5.84. The van der Waals surface area contributed by atoms with Gasteiger partial charge in [-0.25, -0.2) is 13.2 Å². The summed E-state index contributed by atoms with van der Waals surface area (Å²) in [5.41, 5.74) is 2.64. The minimum Gasteiger partial charge on any atom is -0.492 e. The molecule has 4 rings (SSSR count). The number of halogens is 3. The van der Waals surface area contributed by atoms with Gasteiger partial charge in [-0.3, -0.25) is 4.98 Å². The molecule has 0 spiro atoms. The summed E-state index contributed by atoms with van der Waals surface area (Å²) in [5.74, 6) is 4.30. The Morgan fingerprint density at radius 2 is 1.73 bits per heavy atom. The Kier molecular flexibility index (Phi) is 6.95. The molecule has 0 radical (unpaired) electrons. The van der Waals surface area contributed by atoms with Crippen LogP contribution in [0.4, 0.5) is 13.2 Å². The Morgan fingerprint density at radius 1 is 0.848 bits per heavy atom. The maximum atomic E-state index is 14.6. The normalized spacial score (nSPS) is 10.7. The van der Waals surface area contributed by atoms with Crippen molar-refractivity contribution in [1.82, 2.24) is 4.98 Å². The number of hydrogen-bond donors (Lipinski definition) is 0. The van der Waals surface area contributed by atoms with Crippen molar-refractivity contribution in [2.45, 2.75) is 26.2 Å². The molecule has 0 saturated heterocycles. The van der Waals surface area contributed by atoms with E-state index in [4.69, 9.17) is 4.74 Å². The second-order valence-electron chi connectivity index (χ2n) is 7.70. The van der Waals surface area contributed by atoms with Crippen LogP contribution >= 0.6 is 0 Å². The molecule has 0 atom stereocenters. The van der Waals surface area contributed by atoms with Gasteiger partial charge in [0.25, 0.3) is 0 Å². The van der Waals surface area contributed by atoms with Crippen LogP contribution in [0.5, 0.6) is 5.75 Å². The average molecular weight is 445 g/mol. The van der Waals surface area contributed by atoms with Gasteiger partial charge in [-0.05, 0) is 72.7 Å². The highest BCUT2D eigenvalue weighted by atomic mass is 19.2. The first-order valence-electron chi connectivity index (χ1n) is 10.8. The number of hydrogen-bond acceptors (Lipinski definition) is 2. The minimum absolute atomic E-state index is 0.189. The van der Waals surface area contributed by atoms with Crippen molar-refractivity contribution < 1.29 is 17.9 Å². The number of rotatable bonds is 6. The number of aryl methyl sites for hydroxylation is 2. The molecule has 0 amide bonds. The highest BCUT2D eigenvalue weighted by Crippen LogP contribution is 2.21. The Labute approximate surface area is 191 Å². The van der Waals surface area contributed by atoms with Crippen LogP contribution in [0.15, 0.2) is 66.9 Å². The predicted octanol–water partition coefficient (Wildman–Crippen LogP) is 6.63. The van der Waals surface area contributed by atoms with Gasteiger partial charge in [0.05, 0.1) is 18.4 Å². The number of benzene rings is 3. The fourth-order valence-electron chi connectivity index (χ4n) is 3.43. The molecular formula is C28H22F3NO. The predicted molar refractivity (Wildman–Crippen MR) is 124 cm³/mol. The average Bonchev–Trinajstić information content (AvgIpc) is 2.84. The lowest BCUT2D eigenvalue weighted by Crippen LogP contribution is -1.98. The van der Waals surface area contributed by atoms with Crippen molar-refractivity contribution in [2.24, 2.45) is 0 Å². The molecule has 3 aromatic carbocycles. The number of nitrogens with zero attached hydrogens (tertiary/aromatic N) is 1. The van der Waals surface area contributed by atoms with Gasteiger partial charge in [0, 0.05) is 16.6 Å². The van der Waals surface area contributed by atoms with Gasteiger partial charge in [0.15, 0.2) is 11.6 Å². The molecule has 0 N–H and O–H groups in total. The molecule has 1 heterocycles. The van der Waals surface area contributed by atoms with Gasteiger partial charge in [0.1, 0.15) is 11.6 Å². The molecule has 166 valence electrons. The van der Waals surface area contributed by atoms with Crippen LogP contribution in [0.2, 0.25) is 0 Å². The van der Waals surface area contributed by atoms with E-state index in [2.05, 4.69) is 16.8 Å². The van der Waals surface area contributed by atoms with E-state index in [1.165, 1.54) is 18.2 Å². The molecule has 0 saturated carbocycles. The molecule has 0 aliphatic heterocycles. The van der Waals surface area contributed by atoms with E-state index in [-0.39, 0.29) is 10.9 Å². The molecule has 0 aliphatic carbocycles. The molecular weight excluding hydrogens is 423 g/mol. The third-order valence-electron chi connectivity index (χ3n) is 5.22. The maximum absolute atomic E-state index is 14.6. The standard InChI is InChI=1S/C28H22F3NO/c1-2-15-33-24-12-11-23(32-18-24)10-5-20-4-8-21(27(30)17-20)7-3-19-6-13-25-22(16-19)9-14-26(29)28(25)31/h4,6,8-9,11-14,16-18H,2,5,10,15H2,1H3. The Balaban J connectivity index is 1.42. The largest absolute Gasteiger partial charge is 0.492 e. The van der Waals surface area contributed by atoms with E-state index in [0.717, 1.165) is 29.5 Å². The lowest BCUT2D eigenvalue weighted by molar-refractivity contribution is 0.316. The number of ether oxygens (including phenoxy) is 1. The van der Waals surface area contributed by atoms with Crippen molar-refractivity contribution in [3.05, 3.63) is 107 Å². The van der Waals surface area contributed by atoms with Crippen molar-refractivity contribution in [1.29, 1.82) is 0 Å². The maximum Gasteiger partial charge on any atom is 0.166 e. The summed E-state index contributed by atoms with van der Waals surface area (Å²) >= 11 is 0. The first-order chi connectivity index (χ1) is 16.0. The Morgan fingerprint density at radius 3 is 2.48 bits per heavy atom. The first-order valence-corrected chi connectivity index (χ1v) is 10.8. The third kappa shape index (κ3) is 5.53. The van der Waals surface area contributed by atoms with Gasteiger partial charge in [-0.15, -0.1) is 0 Å². The van der Waals surface area contributed by atoms with Gasteiger partial charge in [-0.1, -0.05) is 37.0 Å². The van der Waals surface area contributed by atoms with Crippen LogP contribution in [0.25, 0.3) is 10.8 Å². The summed E-state index contributed by atoms with van der Waals surface area (Å²) in [6.07, 6.45) is 3.99. The van der Waals surface area contributed by atoms with E-state index in [9.17, 15) is 13.2 Å². The lowest BCUT2D eigenvalue weighted by atomic mass is 10.0. The van der Waals surface area contributed by atoms with Crippen molar-refractivity contribution in [3.8, 4) is 17.6 Å². The topological polar surface area (TPSA) is 22.1 Å². The molecule has 0 bridgehead atoms. The Hall–Kier alpha value is -3.78. The summed E-state index contributed by atoms with van der Waals surface area (Å²) < 4.78 is 47.3. The highest BCUT2D eigenvalue weighted by Gasteiger charge is 2.07. The van der Waals surface area contributed by atoms with E-state index in [1.807, 2.05) is 25.1 Å².